The molecule has 0 amide bonds. The molecule has 0 saturated heterocycles. The summed E-state index contributed by atoms with van der Waals surface area (Å²) in [6, 6.07) is 1.94. The van der Waals surface area contributed by atoms with Gasteiger partial charge in [0.05, 0.1) is 0 Å². The summed E-state index contributed by atoms with van der Waals surface area (Å²) in [5.74, 6) is 7.04. The van der Waals surface area contributed by atoms with E-state index in [1.807, 2.05) is 17.8 Å². The summed E-state index contributed by atoms with van der Waals surface area (Å²) in [6.07, 6.45) is 5.28. The zero-order valence-electron chi connectivity index (χ0n) is 11.4. The number of nitrogens with zero attached hydrogens (tertiary/aromatic N) is 2. The van der Waals surface area contributed by atoms with Gasteiger partial charge in [-0.3, -0.25) is 0 Å². The Labute approximate surface area is 113 Å². The van der Waals surface area contributed by atoms with Crippen LogP contribution in [0, 0.1) is 0 Å². The average molecular weight is 266 g/mol. The summed E-state index contributed by atoms with van der Waals surface area (Å²) >= 11 is 1.86. The van der Waals surface area contributed by atoms with E-state index in [4.69, 9.17) is 5.84 Å². The average Bonchev–Trinajstić information content (AvgIpc) is 2.80. The van der Waals surface area contributed by atoms with Crippen molar-refractivity contribution < 1.29 is 0 Å². The van der Waals surface area contributed by atoms with E-state index in [-0.39, 0.29) is 5.41 Å². The highest BCUT2D eigenvalue weighted by Crippen LogP contribution is 2.35. The third kappa shape index (κ3) is 3.36. The van der Waals surface area contributed by atoms with Crippen molar-refractivity contribution in [1.29, 1.82) is 0 Å². The van der Waals surface area contributed by atoms with E-state index in [2.05, 4.69) is 36.2 Å². The molecule has 1 saturated carbocycles. The van der Waals surface area contributed by atoms with Crippen LogP contribution in [-0.2, 0) is 5.41 Å². The van der Waals surface area contributed by atoms with E-state index in [0.717, 1.165) is 10.9 Å². The second kappa shape index (κ2) is 5.45. The molecule has 1 aromatic rings. The maximum Gasteiger partial charge on any atom is 0.144 e. The SMILES string of the molecule is CC(C)(C)c1nc(NN)cc(SC2CCCC2)n1. The number of thioether (sulfide) groups is 1. The maximum absolute atomic E-state index is 5.49. The van der Waals surface area contributed by atoms with Gasteiger partial charge in [-0.05, 0) is 12.8 Å². The van der Waals surface area contributed by atoms with Gasteiger partial charge in [-0.2, -0.15) is 0 Å². The first-order chi connectivity index (χ1) is 8.49. The highest BCUT2D eigenvalue weighted by Gasteiger charge is 2.21. The molecule has 1 aliphatic carbocycles. The van der Waals surface area contributed by atoms with Crippen molar-refractivity contribution >= 4 is 17.6 Å². The van der Waals surface area contributed by atoms with Crippen molar-refractivity contribution in [2.45, 2.75) is 62.1 Å². The summed E-state index contributed by atoms with van der Waals surface area (Å²) < 4.78 is 0. The van der Waals surface area contributed by atoms with Crippen molar-refractivity contribution in [1.82, 2.24) is 9.97 Å². The number of nitrogens with one attached hydrogen (secondary N) is 1. The normalized spacial score (nSPS) is 17.1. The van der Waals surface area contributed by atoms with Crippen LogP contribution in [0.4, 0.5) is 5.82 Å². The van der Waals surface area contributed by atoms with Gasteiger partial charge >= 0.3 is 0 Å². The lowest BCUT2D eigenvalue weighted by Gasteiger charge is -2.19. The molecular formula is C13H22N4S. The molecular weight excluding hydrogens is 244 g/mol. The smallest absolute Gasteiger partial charge is 0.144 e. The first-order valence-electron chi connectivity index (χ1n) is 6.52. The minimum Gasteiger partial charge on any atom is -0.308 e. The molecule has 0 unspecified atom stereocenters. The van der Waals surface area contributed by atoms with Crippen LogP contribution in [0.15, 0.2) is 11.1 Å². The molecule has 1 fully saturated rings. The fourth-order valence-electron chi connectivity index (χ4n) is 2.07. The predicted molar refractivity (Wildman–Crippen MR) is 76.7 cm³/mol. The number of hydrazine groups is 1. The maximum atomic E-state index is 5.49. The second-order valence-corrected chi connectivity index (χ2v) is 7.15. The Balaban J connectivity index is 2.23. The van der Waals surface area contributed by atoms with Crippen LogP contribution in [-0.4, -0.2) is 15.2 Å². The lowest BCUT2D eigenvalue weighted by Crippen LogP contribution is -2.19. The molecule has 2 rings (SSSR count). The molecule has 100 valence electrons. The summed E-state index contributed by atoms with van der Waals surface area (Å²) in [6.45, 7) is 6.35. The van der Waals surface area contributed by atoms with E-state index in [1.165, 1.54) is 25.7 Å². The Hall–Kier alpha value is -0.810. The van der Waals surface area contributed by atoms with Crippen molar-refractivity contribution in [3.05, 3.63) is 11.9 Å². The molecule has 5 heteroatoms. The van der Waals surface area contributed by atoms with Crippen LogP contribution >= 0.6 is 11.8 Å². The van der Waals surface area contributed by atoms with E-state index < -0.39 is 0 Å². The van der Waals surface area contributed by atoms with Crippen LogP contribution < -0.4 is 11.3 Å². The van der Waals surface area contributed by atoms with Crippen LogP contribution in [0.5, 0.6) is 0 Å². The van der Waals surface area contributed by atoms with Gasteiger partial charge in [0, 0.05) is 16.7 Å². The first kappa shape index (κ1) is 13.6. The fourth-order valence-corrected chi connectivity index (χ4v) is 3.30. The van der Waals surface area contributed by atoms with Crippen LogP contribution in [0.3, 0.4) is 0 Å². The van der Waals surface area contributed by atoms with Gasteiger partial charge in [0.1, 0.15) is 16.7 Å². The zero-order valence-corrected chi connectivity index (χ0v) is 12.2. The minimum absolute atomic E-state index is 0.0577. The number of anilines is 1. The Bertz CT molecular complexity index is 408. The molecule has 3 N–H and O–H groups in total. The third-order valence-corrected chi connectivity index (χ3v) is 4.37. The molecule has 0 aromatic carbocycles. The van der Waals surface area contributed by atoms with Gasteiger partial charge in [-0.25, -0.2) is 15.8 Å². The number of hydrogen-bond donors (Lipinski definition) is 2. The van der Waals surface area contributed by atoms with E-state index in [9.17, 15) is 0 Å². The minimum atomic E-state index is -0.0577. The molecule has 0 atom stereocenters. The number of nitrogen functional groups attached to an aromatic ring is 1. The highest BCUT2D eigenvalue weighted by atomic mass is 32.2. The van der Waals surface area contributed by atoms with Crippen molar-refractivity contribution in [2.75, 3.05) is 5.43 Å². The molecule has 4 nitrogen and oxygen atoms in total. The number of nitrogens with two attached hydrogens (primary N) is 1. The van der Waals surface area contributed by atoms with Gasteiger partial charge in [0.25, 0.3) is 0 Å². The molecule has 1 aromatic heterocycles. The second-order valence-electron chi connectivity index (χ2n) is 5.83. The Morgan fingerprint density at radius 2 is 1.94 bits per heavy atom. The molecule has 0 spiro atoms. The fraction of sp³-hybridized carbons (Fsp3) is 0.692. The molecule has 18 heavy (non-hydrogen) atoms. The quantitative estimate of drug-likeness (QED) is 0.500. The van der Waals surface area contributed by atoms with E-state index in [1.54, 1.807) is 0 Å². The lowest BCUT2D eigenvalue weighted by atomic mass is 9.96. The summed E-state index contributed by atoms with van der Waals surface area (Å²) in [5.41, 5.74) is 2.58. The van der Waals surface area contributed by atoms with Gasteiger partial charge < -0.3 is 5.43 Å². The van der Waals surface area contributed by atoms with Gasteiger partial charge in [0.2, 0.25) is 0 Å². The lowest BCUT2D eigenvalue weighted by molar-refractivity contribution is 0.539. The zero-order chi connectivity index (χ0) is 13.2. The van der Waals surface area contributed by atoms with Crippen molar-refractivity contribution in [2.24, 2.45) is 5.84 Å². The van der Waals surface area contributed by atoms with Crippen molar-refractivity contribution in [3.8, 4) is 0 Å². The van der Waals surface area contributed by atoms with Crippen LogP contribution in [0.25, 0.3) is 0 Å². The highest BCUT2D eigenvalue weighted by molar-refractivity contribution is 7.99. The predicted octanol–water partition coefficient (Wildman–Crippen LogP) is 3.09. The summed E-state index contributed by atoms with van der Waals surface area (Å²) in [5, 5.41) is 1.74. The number of aromatic nitrogens is 2. The number of hydrogen-bond acceptors (Lipinski definition) is 5. The molecule has 1 aliphatic rings. The summed E-state index contributed by atoms with van der Waals surface area (Å²) in [7, 11) is 0. The van der Waals surface area contributed by atoms with Crippen molar-refractivity contribution in [3.63, 3.8) is 0 Å². The van der Waals surface area contributed by atoms with Crippen LogP contribution in [0.1, 0.15) is 52.3 Å². The Morgan fingerprint density at radius 3 is 2.50 bits per heavy atom. The Morgan fingerprint density at radius 1 is 1.28 bits per heavy atom. The van der Waals surface area contributed by atoms with E-state index in [0.29, 0.717) is 11.1 Å². The molecule has 0 radical (unpaired) electrons. The largest absolute Gasteiger partial charge is 0.308 e. The molecule has 1 heterocycles. The number of rotatable bonds is 3. The van der Waals surface area contributed by atoms with Crippen LogP contribution in [0.2, 0.25) is 0 Å². The van der Waals surface area contributed by atoms with Gasteiger partial charge in [0.15, 0.2) is 0 Å². The third-order valence-electron chi connectivity index (χ3n) is 3.11. The van der Waals surface area contributed by atoms with Gasteiger partial charge in [-0.1, -0.05) is 33.6 Å². The molecule has 0 bridgehead atoms. The standard InChI is InChI=1S/C13H22N4S/c1-13(2,3)12-15-10(17-14)8-11(16-12)18-9-6-4-5-7-9/h8-9H,4-7,14H2,1-3H3,(H,15,16,17). The van der Waals surface area contributed by atoms with Gasteiger partial charge in [-0.15, -0.1) is 11.8 Å². The first-order valence-corrected chi connectivity index (χ1v) is 7.40. The van der Waals surface area contributed by atoms with E-state index >= 15 is 0 Å². The Kier molecular flexibility index (Phi) is 4.12. The molecule has 0 aliphatic heterocycles. The topological polar surface area (TPSA) is 63.8 Å². The monoisotopic (exact) mass is 266 g/mol. The summed E-state index contributed by atoms with van der Waals surface area (Å²) in [4.78, 5) is 9.11.